The van der Waals surface area contributed by atoms with Crippen molar-refractivity contribution >= 4 is 5.91 Å². The number of nitrogens with zero attached hydrogens (tertiary/aromatic N) is 4. The number of carbonyl (C=O) groups is 1. The molecule has 1 saturated carbocycles. The van der Waals surface area contributed by atoms with Crippen LogP contribution in [-0.2, 0) is 24.1 Å². The van der Waals surface area contributed by atoms with Crippen LogP contribution in [0.4, 0.5) is 17.6 Å². The van der Waals surface area contributed by atoms with Crippen molar-refractivity contribution in [2.24, 2.45) is 0 Å². The summed E-state index contributed by atoms with van der Waals surface area (Å²) < 4.78 is 53.6. The highest BCUT2D eigenvalue weighted by atomic mass is 19.4. The Balaban J connectivity index is 1.35. The lowest BCUT2D eigenvalue weighted by atomic mass is 10.2. The molecule has 2 heterocycles. The van der Waals surface area contributed by atoms with E-state index in [0.717, 1.165) is 24.5 Å². The van der Waals surface area contributed by atoms with Gasteiger partial charge in [-0.25, -0.2) is 4.39 Å². The zero-order valence-corrected chi connectivity index (χ0v) is 15.8. The maximum Gasteiger partial charge on any atom is 0.435 e. The van der Waals surface area contributed by atoms with Gasteiger partial charge in [-0.1, -0.05) is 12.1 Å². The van der Waals surface area contributed by atoms with Gasteiger partial charge in [-0.2, -0.15) is 18.3 Å². The molecule has 2 fully saturated rings. The van der Waals surface area contributed by atoms with Crippen molar-refractivity contribution in [2.75, 3.05) is 26.2 Å². The summed E-state index contributed by atoms with van der Waals surface area (Å²) in [6.45, 7) is 2.65. The van der Waals surface area contributed by atoms with E-state index >= 15 is 0 Å². The average molecular weight is 410 g/mol. The van der Waals surface area contributed by atoms with Crippen molar-refractivity contribution in [2.45, 2.75) is 38.0 Å². The van der Waals surface area contributed by atoms with E-state index < -0.39 is 11.9 Å². The summed E-state index contributed by atoms with van der Waals surface area (Å²) in [4.78, 5) is 16.4. The van der Waals surface area contributed by atoms with Crippen LogP contribution in [0.5, 0.6) is 0 Å². The van der Waals surface area contributed by atoms with Gasteiger partial charge in [-0.15, -0.1) is 0 Å². The number of halogens is 4. The Morgan fingerprint density at radius 1 is 1.10 bits per heavy atom. The minimum Gasteiger partial charge on any atom is -0.339 e. The fraction of sp³-hybridized carbons (Fsp3) is 0.500. The molecule has 1 aliphatic carbocycles. The van der Waals surface area contributed by atoms with Gasteiger partial charge in [0.05, 0.1) is 0 Å². The van der Waals surface area contributed by atoms with Gasteiger partial charge in [0.25, 0.3) is 0 Å². The fourth-order valence-corrected chi connectivity index (χ4v) is 3.68. The van der Waals surface area contributed by atoms with Gasteiger partial charge in [0.1, 0.15) is 12.4 Å². The molecule has 1 saturated heterocycles. The van der Waals surface area contributed by atoms with E-state index in [1.54, 1.807) is 11.0 Å². The molecule has 2 aliphatic rings. The molecule has 5 nitrogen and oxygen atoms in total. The third-order valence-electron chi connectivity index (χ3n) is 5.40. The molecule has 0 bridgehead atoms. The molecule has 0 N–H and O–H groups in total. The third kappa shape index (κ3) is 4.77. The summed E-state index contributed by atoms with van der Waals surface area (Å²) in [5.74, 6) is -0.441. The fourth-order valence-electron chi connectivity index (χ4n) is 3.68. The summed E-state index contributed by atoms with van der Waals surface area (Å²) in [6, 6.07) is 7.49. The zero-order chi connectivity index (χ0) is 20.6. The van der Waals surface area contributed by atoms with Crippen molar-refractivity contribution < 1.29 is 22.4 Å². The van der Waals surface area contributed by atoms with Crippen LogP contribution in [0.25, 0.3) is 0 Å². The summed E-state index contributed by atoms with van der Waals surface area (Å²) >= 11 is 0. The standard InChI is InChI=1S/C20H22F4N4O/c21-16-3-1-2-14(10-16)12-26-6-8-27(9-7-26)19(29)13-28-17(15-4-5-15)11-18(25-28)20(22,23)24/h1-3,10-11,15H,4-9,12-13H2. The predicted octanol–water partition coefficient (Wildman–Crippen LogP) is 3.26. The quantitative estimate of drug-likeness (QED) is 0.711. The van der Waals surface area contributed by atoms with Crippen LogP contribution in [-0.4, -0.2) is 51.7 Å². The van der Waals surface area contributed by atoms with Gasteiger partial charge in [0.2, 0.25) is 5.91 Å². The molecular weight excluding hydrogens is 388 g/mol. The molecule has 9 heteroatoms. The normalized spacial score (nSPS) is 18.3. The van der Waals surface area contributed by atoms with Gasteiger partial charge in [-0.3, -0.25) is 14.4 Å². The minimum absolute atomic E-state index is 0.0644. The van der Waals surface area contributed by atoms with Crippen LogP contribution in [0.3, 0.4) is 0 Å². The lowest BCUT2D eigenvalue weighted by Gasteiger charge is -2.34. The molecule has 0 unspecified atom stereocenters. The number of alkyl halides is 3. The minimum atomic E-state index is -4.51. The van der Waals surface area contributed by atoms with E-state index in [2.05, 4.69) is 10.00 Å². The number of benzene rings is 1. The first-order valence-corrected chi connectivity index (χ1v) is 9.69. The molecule has 156 valence electrons. The van der Waals surface area contributed by atoms with Crippen LogP contribution in [0.15, 0.2) is 30.3 Å². The molecule has 29 heavy (non-hydrogen) atoms. The van der Waals surface area contributed by atoms with Crippen molar-refractivity contribution in [3.63, 3.8) is 0 Å². The van der Waals surface area contributed by atoms with Crippen LogP contribution in [0.1, 0.15) is 35.7 Å². The number of aromatic nitrogens is 2. The molecule has 2 aromatic rings. The molecule has 0 spiro atoms. The van der Waals surface area contributed by atoms with Gasteiger partial charge >= 0.3 is 6.18 Å². The number of hydrogen-bond donors (Lipinski definition) is 0. The van der Waals surface area contributed by atoms with E-state index in [-0.39, 0.29) is 24.2 Å². The summed E-state index contributed by atoms with van der Waals surface area (Å²) in [5.41, 5.74) is 0.428. The first-order valence-electron chi connectivity index (χ1n) is 9.69. The van der Waals surface area contributed by atoms with Gasteiger partial charge in [0, 0.05) is 44.3 Å². The summed E-state index contributed by atoms with van der Waals surface area (Å²) in [7, 11) is 0. The number of hydrogen-bond acceptors (Lipinski definition) is 3. The van der Waals surface area contributed by atoms with Crippen molar-refractivity contribution in [1.29, 1.82) is 0 Å². The van der Waals surface area contributed by atoms with Crippen LogP contribution in [0, 0.1) is 5.82 Å². The lowest BCUT2D eigenvalue weighted by Crippen LogP contribution is -2.49. The molecule has 1 aliphatic heterocycles. The van der Waals surface area contributed by atoms with Crippen LogP contribution < -0.4 is 0 Å². The van der Waals surface area contributed by atoms with Gasteiger partial charge in [-0.05, 0) is 36.6 Å². The van der Waals surface area contributed by atoms with Gasteiger partial charge in [0.15, 0.2) is 5.69 Å². The number of carbonyl (C=O) groups excluding carboxylic acids is 1. The summed E-state index contributed by atoms with van der Waals surface area (Å²) in [6.07, 6.45) is -2.85. The third-order valence-corrected chi connectivity index (χ3v) is 5.40. The second kappa shape index (κ2) is 7.78. The topological polar surface area (TPSA) is 41.4 Å². The zero-order valence-electron chi connectivity index (χ0n) is 15.8. The Hall–Kier alpha value is -2.42. The van der Waals surface area contributed by atoms with Crippen molar-refractivity contribution in [3.8, 4) is 0 Å². The van der Waals surface area contributed by atoms with E-state index in [1.807, 2.05) is 6.07 Å². The lowest BCUT2D eigenvalue weighted by molar-refractivity contribution is -0.142. The van der Waals surface area contributed by atoms with E-state index in [0.29, 0.717) is 38.4 Å². The number of rotatable bonds is 5. The largest absolute Gasteiger partial charge is 0.435 e. The second-order valence-corrected chi connectivity index (χ2v) is 7.67. The Labute approximate surface area is 165 Å². The Morgan fingerprint density at radius 3 is 2.45 bits per heavy atom. The molecule has 0 radical (unpaired) electrons. The highest BCUT2D eigenvalue weighted by molar-refractivity contribution is 5.76. The van der Waals surface area contributed by atoms with Crippen molar-refractivity contribution in [3.05, 3.63) is 53.1 Å². The van der Waals surface area contributed by atoms with E-state index in [9.17, 15) is 22.4 Å². The Morgan fingerprint density at radius 2 is 1.83 bits per heavy atom. The van der Waals surface area contributed by atoms with Crippen LogP contribution >= 0.6 is 0 Å². The molecule has 4 rings (SSSR count). The SMILES string of the molecule is O=C(Cn1nc(C(F)(F)F)cc1C1CC1)N1CCN(Cc2cccc(F)c2)CC1. The second-order valence-electron chi connectivity index (χ2n) is 7.67. The molecule has 1 aromatic heterocycles. The monoisotopic (exact) mass is 410 g/mol. The molecule has 1 aromatic carbocycles. The summed E-state index contributed by atoms with van der Waals surface area (Å²) in [5, 5.41) is 3.65. The molecule has 1 amide bonds. The Bertz CT molecular complexity index is 883. The highest BCUT2D eigenvalue weighted by Gasteiger charge is 2.38. The Kier molecular flexibility index (Phi) is 5.33. The first kappa shape index (κ1) is 19.9. The van der Waals surface area contributed by atoms with E-state index in [4.69, 9.17) is 0 Å². The number of piperazine rings is 1. The smallest absolute Gasteiger partial charge is 0.339 e. The van der Waals surface area contributed by atoms with Crippen LogP contribution in [0.2, 0.25) is 0 Å². The average Bonchev–Trinajstić information content (AvgIpc) is 3.41. The first-order chi connectivity index (χ1) is 13.8. The van der Waals surface area contributed by atoms with E-state index in [1.165, 1.54) is 16.8 Å². The maximum absolute atomic E-state index is 13.3. The molecule has 0 atom stereocenters. The van der Waals surface area contributed by atoms with Gasteiger partial charge < -0.3 is 4.90 Å². The number of amides is 1. The highest BCUT2D eigenvalue weighted by Crippen LogP contribution is 2.42. The maximum atomic E-state index is 13.3. The predicted molar refractivity (Wildman–Crippen MR) is 97.5 cm³/mol. The van der Waals surface area contributed by atoms with Crippen molar-refractivity contribution in [1.82, 2.24) is 19.6 Å². The molecular formula is C20H22F4N4O.